The van der Waals surface area contributed by atoms with Crippen molar-refractivity contribution in [2.24, 2.45) is 0 Å². The van der Waals surface area contributed by atoms with Crippen molar-refractivity contribution >= 4 is 23.0 Å². The lowest BCUT2D eigenvalue weighted by Gasteiger charge is -2.30. The van der Waals surface area contributed by atoms with E-state index in [9.17, 15) is 5.11 Å². The molecule has 0 spiro atoms. The van der Waals surface area contributed by atoms with Crippen LogP contribution in [0.15, 0.2) is 42.5 Å². The highest BCUT2D eigenvalue weighted by atomic mass is 35.5. The number of phenolic OH excluding ortho intramolecular Hbond substituents is 1. The molecular weight excluding hydrogens is 300 g/mol. The first-order chi connectivity index (χ1) is 10.7. The molecule has 1 fully saturated rings. The van der Waals surface area contributed by atoms with E-state index in [-0.39, 0.29) is 5.75 Å². The van der Waals surface area contributed by atoms with Gasteiger partial charge in [-0.3, -0.25) is 0 Å². The van der Waals surface area contributed by atoms with Gasteiger partial charge in [-0.15, -0.1) is 0 Å². The molecule has 116 valence electrons. The molecule has 3 rings (SSSR count). The molecule has 1 aliphatic heterocycles. The molecule has 0 saturated carbocycles. The summed E-state index contributed by atoms with van der Waals surface area (Å²) in [6.45, 7) is 4.09. The molecule has 5 heteroatoms. The van der Waals surface area contributed by atoms with E-state index in [4.69, 9.17) is 16.3 Å². The zero-order valence-corrected chi connectivity index (χ0v) is 13.0. The van der Waals surface area contributed by atoms with E-state index in [0.29, 0.717) is 11.6 Å². The van der Waals surface area contributed by atoms with Gasteiger partial charge >= 0.3 is 0 Å². The van der Waals surface area contributed by atoms with Crippen molar-refractivity contribution in [3.05, 3.63) is 53.1 Å². The normalized spacial score (nSPS) is 14.9. The Morgan fingerprint density at radius 1 is 1.14 bits per heavy atom. The average molecular weight is 319 g/mol. The molecule has 0 bridgehead atoms. The van der Waals surface area contributed by atoms with Crippen molar-refractivity contribution in [2.75, 3.05) is 36.5 Å². The minimum atomic E-state index is 0.0981. The van der Waals surface area contributed by atoms with Crippen molar-refractivity contribution in [3.8, 4) is 5.75 Å². The molecule has 0 amide bonds. The quantitative estimate of drug-likeness (QED) is 0.847. The Hall–Kier alpha value is -1.91. The van der Waals surface area contributed by atoms with Gasteiger partial charge in [-0.1, -0.05) is 29.8 Å². The lowest BCUT2D eigenvalue weighted by atomic mass is 10.1. The number of anilines is 2. The number of rotatable bonds is 4. The molecule has 2 N–H and O–H groups in total. The molecule has 1 aliphatic rings. The maximum atomic E-state index is 9.47. The highest BCUT2D eigenvalue weighted by Crippen LogP contribution is 2.27. The summed E-state index contributed by atoms with van der Waals surface area (Å²) in [6.07, 6.45) is 0. The summed E-state index contributed by atoms with van der Waals surface area (Å²) in [4.78, 5) is 2.35. The van der Waals surface area contributed by atoms with E-state index in [1.165, 1.54) is 11.3 Å². The standard InChI is InChI=1S/C17H19ClN2O2/c18-15-11-14(5-6-17(15)21)19-12-13-3-1-2-4-16(13)20-7-9-22-10-8-20/h1-6,11,19,21H,7-10,12H2. The molecule has 0 atom stereocenters. The Balaban J connectivity index is 1.73. The van der Waals surface area contributed by atoms with Gasteiger partial charge in [0.2, 0.25) is 0 Å². The zero-order valence-electron chi connectivity index (χ0n) is 12.3. The molecule has 2 aromatic rings. The smallest absolute Gasteiger partial charge is 0.134 e. The number of nitrogens with zero attached hydrogens (tertiary/aromatic N) is 1. The van der Waals surface area contributed by atoms with Crippen LogP contribution < -0.4 is 10.2 Å². The van der Waals surface area contributed by atoms with Gasteiger partial charge in [-0.25, -0.2) is 0 Å². The van der Waals surface area contributed by atoms with Crippen LogP contribution in [0.4, 0.5) is 11.4 Å². The van der Waals surface area contributed by atoms with Gasteiger partial charge in [-0.05, 0) is 29.8 Å². The molecule has 1 saturated heterocycles. The number of hydrogen-bond acceptors (Lipinski definition) is 4. The summed E-state index contributed by atoms with van der Waals surface area (Å²) in [6, 6.07) is 13.5. The van der Waals surface area contributed by atoms with Crippen LogP contribution >= 0.6 is 11.6 Å². The second-order valence-electron chi connectivity index (χ2n) is 5.25. The second kappa shape index (κ2) is 6.90. The predicted octanol–water partition coefficient (Wildman–Crippen LogP) is 3.49. The van der Waals surface area contributed by atoms with Crippen molar-refractivity contribution in [1.82, 2.24) is 0 Å². The highest BCUT2D eigenvalue weighted by Gasteiger charge is 2.14. The van der Waals surface area contributed by atoms with E-state index >= 15 is 0 Å². The average Bonchev–Trinajstić information content (AvgIpc) is 2.57. The number of phenols is 1. The van der Waals surface area contributed by atoms with Crippen LogP contribution in [0.5, 0.6) is 5.75 Å². The van der Waals surface area contributed by atoms with Crippen molar-refractivity contribution in [2.45, 2.75) is 6.54 Å². The van der Waals surface area contributed by atoms with E-state index in [0.717, 1.165) is 32.0 Å². The number of ether oxygens (including phenoxy) is 1. The summed E-state index contributed by atoms with van der Waals surface area (Å²) < 4.78 is 5.42. The Bertz CT molecular complexity index is 642. The summed E-state index contributed by atoms with van der Waals surface area (Å²) in [7, 11) is 0. The van der Waals surface area contributed by atoms with Gasteiger partial charge in [-0.2, -0.15) is 0 Å². The number of nitrogens with one attached hydrogen (secondary N) is 1. The molecule has 0 radical (unpaired) electrons. The van der Waals surface area contributed by atoms with Crippen LogP contribution in [0.3, 0.4) is 0 Å². The molecule has 0 aromatic heterocycles. The van der Waals surface area contributed by atoms with E-state index in [2.05, 4.69) is 28.4 Å². The minimum absolute atomic E-state index is 0.0981. The van der Waals surface area contributed by atoms with Crippen LogP contribution in [0.2, 0.25) is 5.02 Å². The van der Waals surface area contributed by atoms with Gasteiger partial charge in [0, 0.05) is 31.0 Å². The largest absolute Gasteiger partial charge is 0.506 e. The first-order valence-electron chi connectivity index (χ1n) is 7.37. The van der Waals surface area contributed by atoms with E-state index in [1.807, 2.05) is 12.1 Å². The minimum Gasteiger partial charge on any atom is -0.506 e. The number of hydrogen-bond donors (Lipinski definition) is 2. The Labute approximate surface area is 135 Å². The SMILES string of the molecule is Oc1ccc(NCc2ccccc2N2CCOCC2)cc1Cl. The first-order valence-corrected chi connectivity index (χ1v) is 7.75. The topological polar surface area (TPSA) is 44.7 Å². The molecule has 4 nitrogen and oxygen atoms in total. The van der Waals surface area contributed by atoms with Gasteiger partial charge in [0.05, 0.1) is 18.2 Å². The summed E-state index contributed by atoms with van der Waals surface area (Å²) in [5.41, 5.74) is 3.36. The molecule has 2 aromatic carbocycles. The fourth-order valence-corrected chi connectivity index (χ4v) is 2.77. The third kappa shape index (κ3) is 3.46. The van der Waals surface area contributed by atoms with Crippen LogP contribution in [-0.4, -0.2) is 31.4 Å². The summed E-state index contributed by atoms with van der Waals surface area (Å²) >= 11 is 5.94. The fraction of sp³-hybridized carbons (Fsp3) is 0.294. The summed E-state index contributed by atoms with van der Waals surface area (Å²) in [5.74, 6) is 0.0981. The summed E-state index contributed by atoms with van der Waals surface area (Å²) in [5, 5.41) is 13.2. The zero-order chi connectivity index (χ0) is 15.4. The van der Waals surface area contributed by atoms with Gasteiger partial charge in [0.15, 0.2) is 0 Å². The maximum absolute atomic E-state index is 9.47. The van der Waals surface area contributed by atoms with Crippen molar-refractivity contribution in [3.63, 3.8) is 0 Å². The van der Waals surface area contributed by atoms with Crippen LogP contribution in [-0.2, 0) is 11.3 Å². The predicted molar refractivity (Wildman–Crippen MR) is 89.9 cm³/mol. The van der Waals surface area contributed by atoms with E-state index < -0.39 is 0 Å². The first kappa shape index (κ1) is 15.0. The lowest BCUT2D eigenvalue weighted by Crippen LogP contribution is -2.36. The van der Waals surface area contributed by atoms with Crippen LogP contribution in [0, 0.1) is 0 Å². The second-order valence-corrected chi connectivity index (χ2v) is 5.66. The monoisotopic (exact) mass is 318 g/mol. The van der Waals surface area contributed by atoms with Crippen molar-refractivity contribution < 1.29 is 9.84 Å². The molecule has 1 heterocycles. The van der Waals surface area contributed by atoms with Gasteiger partial charge in [0.1, 0.15) is 5.75 Å². The van der Waals surface area contributed by atoms with Gasteiger partial charge < -0.3 is 20.1 Å². The molecule has 0 unspecified atom stereocenters. The third-order valence-electron chi connectivity index (χ3n) is 3.77. The Kier molecular flexibility index (Phi) is 4.71. The van der Waals surface area contributed by atoms with Crippen LogP contribution in [0.25, 0.3) is 0 Å². The number of aromatic hydroxyl groups is 1. The van der Waals surface area contributed by atoms with Crippen molar-refractivity contribution in [1.29, 1.82) is 0 Å². The molecule has 0 aliphatic carbocycles. The third-order valence-corrected chi connectivity index (χ3v) is 4.08. The number of halogens is 1. The maximum Gasteiger partial charge on any atom is 0.134 e. The lowest BCUT2D eigenvalue weighted by molar-refractivity contribution is 0.122. The molecular formula is C17H19ClN2O2. The Morgan fingerprint density at radius 2 is 1.91 bits per heavy atom. The molecule has 22 heavy (non-hydrogen) atoms. The number of para-hydroxylation sites is 1. The van der Waals surface area contributed by atoms with Crippen LogP contribution in [0.1, 0.15) is 5.56 Å². The highest BCUT2D eigenvalue weighted by molar-refractivity contribution is 6.32. The number of benzene rings is 2. The van der Waals surface area contributed by atoms with E-state index in [1.54, 1.807) is 12.1 Å². The van der Waals surface area contributed by atoms with Gasteiger partial charge in [0.25, 0.3) is 0 Å². The number of morpholine rings is 1. The Morgan fingerprint density at radius 3 is 2.68 bits per heavy atom. The fourth-order valence-electron chi connectivity index (χ4n) is 2.59.